The van der Waals surface area contributed by atoms with Gasteiger partial charge in [-0.15, -0.1) is 0 Å². The lowest BCUT2D eigenvalue weighted by Gasteiger charge is -2.41. The molecule has 0 radical (unpaired) electrons. The van der Waals surface area contributed by atoms with Crippen molar-refractivity contribution in [3.63, 3.8) is 0 Å². The van der Waals surface area contributed by atoms with Gasteiger partial charge >= 0.3 is 0 Å². The molecule has 10 nitrogen and oxygen atoms in total. The summed E-state index contributed by atoms with van der Waals surface area (Å²) >= 11 is 0. The van der Waals surface area contributed by atoms with Crippen LogP contribution < -0.4 is 9.80 Å². The predicted molar refractivity (Wildman–Crippen MR) is 122 cm³/mol. The zero-order valence-corrected chi connectivity index (χ0v) is 18.8. The van der Waals surface area contributed by atoms with Crippen molar-refractivity contribution < 1.29 is 13.9 Å². The van der Waals surface area contributed by atoms with Crippen molar-refractivity contribution in [2.45, 2.75) is 32.3 Å². The van der Waals surface area contributed by atoms with Gasteiger partial charge in [0.2, 0.25) is 0 Å². The highest BCUT2D eigenvalue weighted by atomic mass is 19.3. The molecular weight excluding hydrogens is 456 g/mol. The van der Waals surface area contributed by atoms with Crippen LogP contribution in [-0.2, 0) is 6.42 Å². The Morgan fingerprint density at radius 3 is 2.74 bits per heavy atom. The summed E-state index contributed by atoms with van der Waals surface area (Å²) in [5.74, 6) is 1.24. The molecule has 0 amide bonds. The van der Waals surface area contributed by atoms with Crippen LogP contribution >= 0.6 is 0 Å². The Kier molecular flexibility index (Phi) is 4.89. The monoisotopic (exact) mass is 477 g/mol. The molecule has 1 N–H and O–H groups in total. The van der Waals surface area contributed by atoms with Gasteiger partial charge in [0.25, 0.3) is 6.43 Å². The van der Waals surface area contributed by atoms with Crippen molar-refractivity contribution in [2.24, 2.45) is 0 Å². The third-order valence-electron chi connectivity index (χ3n) is 6.43. The minimum atomic E-state index is -2.91. The number of rotatable bonds is 4. The van der Waals surface area contributed by atoms with E-state index in [4.69, 9.17) is 4.98 Å². The smallest absolute Gasteiger partial charge is 0.283 e. The quantitative estimate of drug-likeness (QED) is 0.478. The second-order valence-corrected chi connectivity index (χ2v) is 8.68. The van der Waals surface area contributed by atoms with Crippen LogP contribution in [0, 0.1) is 18.3 Å². The molecular formula is C23H21F2N9O. The number of nitrogens with zero attached hydrogens (tertiary/aromatic N) is 9. The van der Waals surface area contributed by atoms with Crippen LogP contribution in [0.3, 0.4) is 0 Å². The van der Waals surface area contributed by atoms with Crippen LogP contribution in [0.15, 0.2) is 30.6 Å². The van der Waals surface area contributed by atoms with Crippen LogP contribution in [0.1, 0.15) is 35.5 Å². The second-order valence-electron chi connectivity index (χ2n) is 8.68. The minimum absolute atomic E-state index is 0.0878. The van der Waals surface area contributed by atoms with Crippen LogP contribution in [0.4, 0.5) is 26.0 Å². The van der Waals surface area contributed by atoms with E-state index in [-0.39, 0.29) is 11.2 Å². The van der Waals surface area contributed by atoms with Crippen LogP contribution in [0.5, 0.6) is 0 Å². The number of hydrogen-bond acceptors (Lipinski definition) is 8. The Morgan fingerprint density at radius 1 is 1.23 bits per heavy atom. The number of alkyl halides is 2. The molecule has 1 saturated heterocycles. The molecule has 178 valence electrons. The van der Waals surface area contributed by atoms with Crippen molar-refractivity contribution in [2.75, 3.05) is 29.4 Å². The standard InChI is InChI=1S/C23H21F2N9O/c1-13-20(32-8-2-4-16-17(32)5-6-18(29-16)33-9-3-7-27-33)23(31-11-14(35)12-31)34-22(28-13)15(10-26)19(30-34)21(24)25/h3,5-7,9,14,21,35H,2,4,8,11-12H2,1H3. The van der Waals surface area contributed by atoms with Gasteiger partial charge in [0, 0.05) is 32.0 Å². The minimum Gasteiger partial charge on any atom is -0.389 e. The molecule has 2 aliphatic heterocycles. The first kappa shape index (κ1) is 21.4. The fraction of sp³-hybridized carbons (Fsp3) is 0.348. The fourth-order valence-corrected chi connectivity index (χ4v) is 4.84. The van der Waals surface area contributed by atoms with E-state index in [0.29, 0.717) is 42.7 Å². The third kappa shape index (κ3) is 3.30. The van der Waals surface area contributed by atoms with E-state index >= 15 is 0 Å². The van der Waals surface area contributed by atoms with E-state index in [0.717, 1.165) is 24.2 Å². The molecule has 4 aromatic heterocycles. The SMILES string of the molecule is Cc1nc2c(C#N)c(C(F)F)nn2c(N2CC(O)C2)c1N1CCCc2nc(-n3cccn3)ccc21. The normalized spacial score (nSPS) is 16.0. The van der Waals surface area contributed by atoms with Crippen molar-refractivity contribution in [3.05, 3.63) is 53.2 Å². The molecule has 35 heavy (non-hydrogen) atoms. The predicted octanol–water partition coefficient (Wildman–Crippen LogP) is 2.69. The molecule has 0 bridgehead atoms. The second kappa shape index (κ2) is 7.99. The molecule has 0 aliphatic carbocycles. The summed E-state index contributed by atoms with van der Waals surface area (Å²) in [4.78, 5) is 13.3. The first-order valence-corrected chi connectivity index (χ1v) is 11.3. The summed E-state index contributed by atoms with van der Waals surface area (Å²) in [6, 6.07) is 7.54. The molecule has 0 atom stereocenters. The number of β-amino-alcohol motifs (C(OH)–C–C–N with tert-alkyl or cyclic N) is 1. The van der Waals surface area contributed by atoms with Gasteiger partial charge in [-0.3, -0.25) is 0 Å². The van der Waals surface area contributed by atoms with Crippen molar-refractivity contribution in [1.82, 2.24) is 29.4 Å². The third-order valence-corrected chi connectivity index (χ3v) is 6.43. The molecule has 6 heterocycles. The molecule has 6 rings (SSSR count). The van der Waals surface area contributed by atoms with Gasteiger partial charge in [-0.2, -0.15) is 20.0 Å². The van der Waals surface area contributed by atoms with E-state index < -0.39 is 18.2 Å². The Morgan fingerprint density at radius 2 is 2.06 bits per heavy atom. The number of hydrogen-bond donors (Lipinski definition) is 1. The maximum Gasteiger partial charge on any atom is 0.283 e. The average molecular weight is 477 g/mol. The number of halogens is 2. The van der Waals surface area contributed by atoms with Gasteiger partial charge in [0.1, 0.15) is 23.0 Å². The first-order chi connectivity index (χ1) is 17.0. The summed E-state index contributed by atoms with van der Waals surface area (Å²) in [7, 11) is 0. The zero-order chi connectivity index (χ0) is 24.3. The maximum atomic E-state index is 13.7. The largest absolute Gasteiger partial charge is 0.389 e. The number of anilines is 3. The summed E-state index contributed by atoms with van der Waals surface area (Å²) in [5, 5.41) is 28.0. The highest BCUT2D eigenvalue weighted by Crippen LogP contribution is 2.42. The lowest BCUT2D eigenvalue weighted by Crippen LogP contribution is -2.52. The van der Waals surface area contributed by atoms with Crippen LogP contribution in [0.2, 0.25) is 0 Å². The summed E-state index contributed by atoms with van der Waals surface area (Å²) in [6.07, 6.45) is 1.69. The molecule has 4 aromatic rings. The highest BCUT2D eigenvalue weighted by Gasteiger charge is 2.35. The Hall–Kier alpha value is -4.11. The number of pyridine rings is 1. The molecule has 12 heteroatoms. The average Bonchev–Trinajstić information content (AvgIpc) is 3.49. The van der Waals surface area contributed by atoms with Gasteiger partial charge in [-0.1, -0.05) is 0 Å². The number of nitriles is 1. The van der Waals surface area contributed by atoms with Crippen molar-refractivity contribution in [1.29, 1.82) is 5.26 Å². The molecule has 0 aromatic carbocycles. The first-order valence-electron chi connectivity index (χ1n) is 11.3. The summed E-state index contributed by atoms with van der Waals surface area (Å²) in [6.45, 7) is 3.12. The maximum absolute atomic E-state index is 13.7. The number of aromatic nitrogens is 6. The molecule has 2 aliphatic rings. The topological polar surface area (TPSA) is 111 Å². The van der Waals surface area contributed by atoms with Crippen LogP contribution in [0.25, 0.3) is 11.5 Å². The van der Waals surface area contributed by atoms with Gasteiger partial charge in [0.05, 0.1) is 23.2 Å². The van der Waals surface area contributed by atoms with Crippen molar-refractivity contribution >= 4 is 22.8 Å². The molecule has 1 fully saturated rings. The van der Waals surface area contributed by atoms with E-state index in [1.807, 2.05) is 35.4 Å². The molecule has 0 saturated carbocycles. The van der Waals surface area contributed by atoms with E-state index in [1.165, 1.54) is 4.52 Å². The van der Waals surface area contributed by atoms with Gasteiger partial charge in [0.15, 0.2) is 17.3 Å². The van der Waals surface area contributed by atoms with E-state index in [9.17, 15) is 19.1 Å². The number of aliphatic hydroxyl groups is 1. The zero-order valence-electron chi connectivity index (χ0n) is 18.8. The summed E-state index contributed by atoms with van der Waals surface area (Å²) < 4.78 is 30.5. The lowest BCUT2D eigenvalue weighted by atomic mass is 10.0. The number of aryl methyl sites for hydroxylation is 2. The highest BCUT2D eigenvalue weighted by molar-refractivity contribution is 5.82. The Labute approximate surface area is 198 Å². The lowest BCUT2D eigenvalue weighted by molar-refractivity contribution is 0.140. The Bertz CT molecular complexity index is 1470. The number of fused-ring (bicyclic) bond motifs is 2. The van der Waals surface area contributed by atoms with E-state index in [1.54, 1.807) is 17.8 Å². The van der Waals surface area contributed by atoms with Crippen molar-refractivity contribution in [3.8, 4) is 11.9 Å². The number of aliphatic hydroxyl groups excluding tert-OH is 1. The molecule has 0 unspecified atom stereocenters. The van der Waals surface area contributed by atoms with Gasteiger partial charge < -0.3 is 14.9 Å². The molecule has 0 spiro atoms. The summed E-state index contributed by atoms with van der Waals surface area (Å²) in [5.41, 5.74) is 2.32. The Balaban J connectivity index is 1.56. The van der Waals surface area contributed by atoms with Gasteiger partial charge in [-0.25, -0.2) is 23.4 Å². The van der Waals surface area contributed by atoms with Gasteiger partial charge in [-0.05, 0) is 38.0 Å². The van der Waals surface area contributed by atoms with Crippen LogP contribution in [-0.4, -0.2) is 60.2 Å². The van der Waals surface area contributed by atoms with E-state index in [2.05, 4.69) is 20.1 Å². The fourth-order valence-electron chi connectivity index (χ4n) is 4.84.